The lowest BCUT2D eigenvalue weighted by molar-refractivity contribution is -0.137. The van der Waals surface area contributed by atoms with Gasteiger partial charge in [0.2, 0.25) is 0 Å². The van der Waals surface area contributed by atoms with Crippen molar-refractivity contribution in [3.8, 4) is 0 Å². The van der Waals surface area contributed by atoms with Gasteiger partial charge in [-0.15, -0.1) is 11.3 Å². The van der Waals surface area contributed by atoms with E-state index in [1.54, 1.807) is 11.3 Å². The third-order valence-corrected chi connectivity index (χ3v) is 4.79. The minimum Gasteiger partial charge on any atom is -0.481 e. The maximum atomic E-state index is 10.5. The average Bonchev–Trinajstić information content (AvgIpc) is 2.87. The quantitative estimate of drug-likeness (QED) is 0.873. The Morgan fingerprint density at radius 3 is 2.82 bits per heavy atom. The minimum absolute atomic E-state index is 0.260. The van der Waals surface area contributed by atoms with Gasteiger partial charge < -0.3 is 5.11 Å². The van der Waals surface area contributed by atoms with Crippen LogP contribution >= 0.6 is 11.3 Å². The molecule has 1 aromatic rings. The van der Waals surface area contributed by atoms with Gasteiger partial charge in [0.15, 0.2) is 0 Å². The maximum Gasteiger partial charge on any atom is 0.303 e. The zero-order valence-corrected chi connectivity index (χ0v) is 11.1. The number of carboxylic acid groups (broad SMARTS) is 1. The van der Waals surface area contributed by atoms with E-state index in [2.05, 4.69) is 4.98 Å². The molecule has 0 aromatic carbocycles. The molecule has 1 N–H and O–H groups in total. The Morgan fingerprint density at radius 2 is 2.18 bits per heavy atom. The Labute approximate surface area is 106 Å². The van der Waals surface area contributed by atoms with E-state index < -0.39 is 5.97 Å². The van der Waals surface area contributed by atoms with Crippen LogP contribution in [0.1, 0.15) is 60.0 Å². The molecule has 0 aliphatic heterocycles. The molecule has 1 fully saturated rings. The predicted octanol–water partition coefficient (Wildman–Crippen LogP) is 3.52. The molecule has 1 saturated carbocycles. The summed E-state index contributed by atoms with van der Waals surface area (Å²) in [7, 11) is 0. The fraction of sp³-hybridized carbons (Fsp3) is 0.692. The third kappa shape index (κ3) is 3.28. The van der Waals surface area contributed by atoms with Gasteiger partial charge in [0, 0.05) is 17.2 Å². The van der Waals surface area contributed by atoms with Crippen molar-refractivity contribution in [3.63, 3.8) is 0 Å². The summed E-state index contributed by atoms with van der Waals surface area (Å²) in [6.45, 7) is 2.05. The Bertz CT molecular complexity index is 394. The SMILES string of the molecule is Cc1nc(C2CCCC2)sc1CCCC(=O)O. The lowest BCUT2D eigenvalue weighted by Gasteiger charge is -2.02. The van der Waals surface area contributed by atoms with E-state index in [1.165, 1.54) is 35.6 Å². The molecule has 17 heavy (non-hydrogen) atoms. The van der Waals surface area contributed by atoms with Gasteiger partial charge in [0.25, 0.3) is 0 Å². The monoisotopic (exact) mass is 253 g/mol. The Kier molecular flexibility index (Phi) is 4.15. The van der Waals surface area contributed by atoms with Crippen molar-refractivity contribution in [3.05, 3.63) is 15.6 Å². The molecule has 0 saturated heterocycles. The molecular formula is C13H19NO2S. The van der Waals surface area contributed by atoms with Crippen LogP contribution in [0.4, 0.5) is 0 Å². The van der Waals surface area contributed by atoms with Gasteiger partial charge in [-0.25, -0.2) is 4.98 Å². The normalized spacial score (nSPS) is 16.5. The van der Waals surface area contributed by atoms with E-state index in [9.17, 15) is 4.79 Å². The van der Waals surface area contributed by atoms with E-state index in [-0.39, 0.29) is 6.42 Å². The number of thiazole rings is 1. The standard InChI is InChI=1S/C13H19NO2S/c1-9-11(7-4-8-12(15)16)17-13(14-9)10-5-2-3-6-10/h10H,2-8H2,1H3,(H,15,16). The molecule has 0 radical (unpaired) electrons. The first-order chi connectivity index (χ1) is 8.16. The average molecular weight is 253 g/mol. The highest BCUT2D eigenvalue weighted by Crippen LogP contribution is 2.37. The molecule has 2 rings (SSSR count). The number of carbonyl (C=O) groups is 1. The van der Waals surface area contributed by atoms with Crippen LogP contribution in [0.2, 0.25) is 0 Å². The molecule has 0 unspecified atom stereocenters. The Hall–Kier alpha value is -0.900. The summed E-state index contributed by atoms with van der Waals surface area (Å²) in [6, 6.07) is 0. The van der Waals surface area contributed by atoms with Crippen LogP contribution in [-0.4, -0.2) is 16.1 Å². The van der Waals surface area contributed by atoms with Crippen LogP contribution in [0.5, 0.6) is 0 Å². The highest BCUT2D eigenvalue weighted by molar-refractivity contribution is 7.11. The molecule has 94 valence electrons. The lowest BCUT2D eigenvalue weighted by atomic mass is 10.1. The molecule has 0 atom stereocenters. The molecule has 0 amide bonds. The van der Waals surface area contributed by atoms with Crippen molar-refractivity contribution >= 4 is 17.3 Å². The molecule has 1 aliphatic rings. The number of nitrogens with zero attached hydrogens (tertiary/aromatic N) is 1. The van der Waals surface area contributed by atoms with Crippen LogP contribution in [0, 0.1) is 6.92 Å². The van der Waals surface area contributed by atoms with Gasteiger partial charge in [0.05, 0.1) is 10.7 Å². The minimum atomic E-state index is -0.705. The predicted molar refractivity (Wildman–Crippen MR) is 68.6 cm³/mol. The fourth-order valence-electron chi connectivity index (χ4n) is 2.43. The second-order valence-corrected chi connectivity index (χ2v) is 5.90. The second kappa shape index (κ2) is 5.63. The molecule has 0 bridgehead atoms. The van der Waals surface area contributed by atoms with Gasteiger partial charge in [-0.2, -0.15) is 0 Å². The second-order valence-electron chi connectivity index (χ2n) is 4.79. The smallest absolute Gasteiger partial charge is 0.303 e. The first kappa shape index (κ1) is 12.6. The number of hydrogen-bond donors (Lipinski definition) is 1. The van der Waals surface area contributed by atoms with E-state index in [1.807, 2.05) is 6.92 Å². The first-order valence-corrected chi connectivity index (χ1v) is 7.16. The summed E-state index contributed by atoms with van der Waals surface area (Å²) in [6.07, 6.45) is 7.07. The molecule has 0 spiro atoms. The van der Waals surface area contributed by atoms with Crippen molar-refractivity contribution in [1.29, 1.82) is 0 Å². The van der Waals surface area contributed by atoms with E-state index in [0.29, 0.717) is 5.92 Å². The van der Waals surface area contributed by atoms with Crippen molar-refractivity contribution in [2.45, 2.75) is 57.8 Å². The molecule has 1 aromatic heterocycles. The highest BCUT2D eigenvalue weighted by atomic mass is 32.1. The zero-order valence-electron chi connectivity index (χ0n) is 10.2. The van der Waals surface area contributed by atoms with Gasteiger partial charge in [-0.3, -0.25) is 4.79 Å². The Morgan fingerprint density at radius 1 is 1.47 bits per heavy atom. The molecule has 3 nitrogen and oxygen atoms in total. The number of aliphatic carboxylic acids is 1. The number of hydrogen-bond acceptors (Lipinski definition) is 3. The van der Waals surface area contributed by atoms with Crippen LogP contribution in [0.25, 0.3) is 0 Å². The number of aromatic nitrogens is 1. The summed E-state index contributed by atoms with van der Waals surface area (Å²) in [4.78, 5) is 16.4. The largest absolute Gasteiger partial charge is 0.481 e. The summed E-state index contributed by atoms with van der Waals surface area (Å²) < 4.78 is 0. The Balaban J connectivity index is 1.95. The number of carboxylic acids is 1. The highest BCUT2D eigenvalue weighted by Gasteiger charge is 2.21. The number of aryl methyl sites for hydroxylation is 2. The van der Waals surface area contributed by atoms with Gasteiger partial charge >= 0.3 is 5.97 Å². The van der Waals surface area contributed by atoms with Crippen LogP contribution in [-0.2, 0) is 11.2 Å². The van der Waals surface area contributed by atoms with Gasteiger partial charge in [0.1, 0.15) is 0 Å². The van der Waals surface area contributed by atoms with Crippen molar-refractivity contribution < 1.29 is 9.90 Å². The first-order valence-electron chi connectivity index (χ1n) is 6.35. The van der Waals surface area contributed by atoms with Crippen molar-refractivity contribution in [2.24, 2.45) is 0 Å². The zero-order chi connectivity index (χ0) is 12.3. The lowest BCUT2D eigenvalue weighted by Crippen LogP contribution is -1.95. The summed E-state index contributed by atoms with van der Waals surface area (Å²) in [5.74, 6) is -0.0323. The van der Waals surface area contributed by atoms with Crippen molar-refractivity contribution in [2.75, 3.05) is 0 Å². The fourth-order valence-corrected chi connectivity index (χ4v) is 3.71. The van der Waals surface area contributed by atoms with Gasteiger partial charge in [-0.1, -0.05) is 12.8 Å². The molecular weight excluding hydrogens is 234 g/mol. The van der Waals surface area contributed by atoms with Crippen LogP contribution in [0.15, 0.2) is 0 Å². The maximum absolute atomic E-state index is 10.5. The van der Waals surface area contributed by atoms with Crippen LogP contribution < -0.4 is 0 Å². The third-order valence-electron chi connectivity index (χ3n) is 3.41. The topological polar surface area (TPSA) is 50.2 Å². The molecule has 1 aliphatic carbocycles. The molecule has 1 heterocycles. The summed E-state index contributed by atoms with van der Waals surface area (Å²) >= 11 is 1.80. The molecule has 4 heteroatoms. The van der Waals surface area contributed by atoms with E-state index >= 15 is 0 Å². The van der Waals surface area contributed by atoms with E-state index in [0.717, 1.165) is 18.5 Å². The van der Waals surface area contributed by atoms with Gasteiger partial charge in [-0.05, 0) is 32.6 Å². The van der Waals surface area contributed by atoms with E-state index in [4.69, 9.17) is 5.11 Å². The van der Waals surface area contributed by atoms with Crippen LogP contribution in [0.3, 0.4) is 0 Å². The van der Waals surface area contributed by atoms with Crippen molar-refractivity contribution in [1.82, 2.24) is 4.98 Å². The summed E-state index contributed by atoms with van der Waals surface area (Å²) in [5.41, 5.74) is 1.11. The number of rotatable bonds is 5. The summed E-state index contributed by atoms with van der Waals surface area (Å²) in [5, 5.41) is 9.91.